The molecule has 1 amide bonds. The zero-order chi connectivity index (χ0) is 16.1. The van der Waals surface area contributed by atoms with Gasteiger partial charge in [-0.25, -0.2) is 4.79 Å². The summed E-state index contributed by atoms with van der Waals surface area (Å²) in [5.74, 6) is -0.555. The smallest absolute Gasteiger partial charge is 0.355 e. The van der Waals surface area contributed by atoms with E-state index in [1.54, 1.807) is 20.8 Å². The second-order valence-corrected chi connectivity index (χ2v) is 5.65. The molecular formula is C16H25N3O3. The summed E-state index contributed by atoms with van der Waals surface area (Å²) in [7, 11) is 0. The zero-order valence-electron chi connectivity index (χ0n) is 13.6. The van der Waals surface area contributed by atoms with Crippen LogP contribution in [0, 0.1) is 13.8 Å². The third kappa shape index (κ3) is 3.68. The number of H-pyrrole nitrogens is 1. The number of hydrogen-bond donors (Lipinski definition) is 2. The minimum Gasteiger partial charge on any atom is -0.461 e. The number of amides is 1. The quantitative estimate of drug-likeness (QED) is 0.783. The SMILES string of the molecule is CCOC(=O)c1[nH]c(C)c(C(=O)NCCN2CCCC2)c1C. The summed E-state index contributed by atoms with van der Waals surface area (Å²) in [5, 5.41) is 2.94. The van der Waals surface area contributed by atoms with Crippen molar-refractivity contribution in [2.45, 2.75) is 33.6 Å². The molecule has 1 aromatic rings. The first-order chi connectivity index (χ1) is 10.5. The van der Waals surface area contributed by atoms with Gasteiger partial charge in [0.1, 0.15) is 5.69 Å². The van der Waals surface area contributed by atoms with E-state index in [4.69, 9.17) is 4.74 Å². The lowest BCUT2D eigenvalue weighted by molar-refractivity contribution is 0.0519. The Bertz CT molecular complexity index is 545. The van der Waals surface area contributed by atoms with Crippen molar-refractivity contribution in [1.82, 2.24) is 15.2 Å². The Morgan fingerprint density at radius 2 is 1.95 bits per heavy atom. The van der Waals surface area contributed by atoms with Crippen LogP contribution in [0.3, 0.4) is 0 Å². The molecule has 0 unspecified atom stereocenters. The zero-order valence-corrected chi connectivity index (χ0v) is 13.6. The fourth-order valence-corrected chi connectivity index (χ4v) is 2.92. The summed E-state index contributed by atoms with van der Waals surface area (Å²) in [6.45, 7) is 9.37. The van der Waals surface area contributed by atoms with E-state index in [1.807, 2.05) is 0 Å². The van der Waals surface area contributed by atoms with E-state index in [-0.39, 0.29) is 5.91 Å². The topological polar surface area (TPSA) is 74.4 Å². The highest BCUT2D eigenvalue weighted by Gasteiger charge is 2.22. The van der Waals surface area contributed by atoms with Gasteiger partial charge in [0.25, 0.3) is 5.91 Å². The molecule has 0 bridgehead atoms. The van der Waals surface area contributed by atoms with Crippen LogP contribution in [-0.4, -0.2) is 54.5 Å². The van der Waals surface area contributed by atoms with Crippen LogP contribution in [0.25, 0.3) is 0 Å². The van der Waals surface area contributed by atoms with Gasteiger partial charge in [-0.1, -0.05) is 0 Å². The van der Waals surface area contributed by atoms with Crippen LogP contribution in [0.2, 0.25) is 0 Å². The molecule has 0 saturated carbocycles. The van der Waals surface area contributed by atoms with E-state index < -0.39 is 5.97 Å². The number of carbonyl (C=O) groups excluding carboxylic acids is 2. The molecule has 1 aliphatic heterocycles. The number of nitrogens with one attached hydrogen (secondary N) is 2. The maximum atomic E-state index is 12.4. The maximum Gasteiger partial charge on any atom is 0.355 e. The Kier molecular flexibility index (Phi) is 5.60. The molecule has 1 fully saturated rings. The van der Waals surface area contributed by atoms with Crippen LogP contribution >= 0.6 is 0 Å². The molecule has 1 aromatic heterocycles. The number of esters is 1. The van der Waals surface area contributed by atoms with E-state index in [9.17, 15) is 9.59 Å². The van der Waals surface area contributed by atoms with Crippen molar-refractivity contribution in [3.63, 3.8) is 0 Å². The lowest BCUT2D eigenvalue weighted by Crippen LogP contribution is -2.33. The standard InChI is InChI=1S/C16H25N3O3/c1-4-22-16(21)14-11(2)13(12(3)18-14)15(20)17-7-10-19-8-5-6-9-19/h18H,4-10H2,1-3H3,(H,17,20). The number of carbonyl (C=O) groups is 2. The fraction of sp³-hybridized carbons (Fsp3) is 0.625. The van der Waals surface area contributed by atoms with Crippen LogP contribution < -0.4 is 5.32 Å². The number of ether oxygens (including phenoxy) is 1. The maximum absolute atomic E-state index is 12.4. The van der Waals surface area contributed by atoms with Crippen molar-refractivity contribution >= 4 is 11.9 Å². The lowest BCUT2D eigenvalue weighted by atomic mass is 10.1. The third-order valence-corrected chi connectivity index (χ3v) is 4.06. The minimum absolute atomic E-state index is 0.138. The molecule has 6 nitrogen and oxygen atoms in total. The predicted molar refractivity (Wildman–Crippen MR) is 84.2 cm³/mol. The van der Waals surface area contributed by atoms with Gasteiger partial charge < -0.3 is 19.9 Å². The Balaban J connectivity index is 1.98. The minimum atomic E-state index is -0.417. The molecule has 0 atom stereocenters. The van der Waals surface area contributed by atoms with Crippen LogP contribution in [0.5, 0.6) is 0 Å². The number of nitrogens with zero attached hydrogens (tertiary/aromatic N) is 1. The first kappa shape index (κ1) is 16.5. The van der Waals surface area contributed by atoms with Gasteiger partial charge in [0, 0.05) is 18.8 Å². The van der Waals surface area contributed by atoms with Crippen LogP contribution in [0.15, 0.2) is 0 Å². The van der Waals surface area contributed by atoms with Gasteiger partial charge in [-0.05, 0) is 52.3 Å². The summed E-state index contributed by atoms with van der Waals surface area (Å²) in [6, 6.07) is 0. The number of likely N-dealkylation sites (tertiary alicyclic amines) is 1. The highest BCUT2D eigenvalue weighted by atomic mass is 16.5. The Hall–Kier alpha value is -1.82. The van der Waals surface area contributed by atoms with Gasteiger partial charge >= 0.3 is 5.97 Å². The average molecular weight is 307 g/mol. The molecule has 6 heteroatoms. The van der Waals surface area contributed by atoms with Crippen molar-refractivity contribution in [2.75, 3.05) is 32.8 Å². The van der Waals surface area contributed by atoms with E-state index in [0.29, 0.717) is 35.7 Å². The summed E-state index contributed by atoms with van der Waals surface area (Å²) < 4.78 is 5.00. The highest BCUT2D eigenvalue weighted by Crippen LogP contribution is 2.18. The molecule has 0 aromatic carbocycles. The second-order valence-electron chi connectivity index (χ2n) is 5.65. The van der Waals surface area contributed by atoms with Crippen molar-refractivity contribution in [3.8, 4) is 0 Å². The Morgan fingerprint density at radius 1 is 1.27 bits per heavy atom. The monoisotopic (exact) mass is 307 g/mol. The number of rotatable bonds is 6. The van der Waals surface area contributed by atoms with Crippen molar-refractivity contribution in [2.24, 2.45) is 0 Å². The molecule has 2 N–H and O–H groups in total. The summed E-state index contributed by atoms with van der Waals surface area (Å²) in [6.07, 6.45) is 2.49. The third-order valence-electron chi connectivity index (χ3n) is 4.06. The summed E-state index contributed by atoms with van der Waals surface area (Å²) in [5.41, 5.74) is 2.25. The Morgan fingerprint density at radius 3 is 2.59 bits per heavy atom. The van der Waals surface area contributed by atoms with Gasteiger partial charge in [0.15, 0.2) is 0 Å². The molecule has 2 rings (SSSR count). The Labute approximate surface area is 131 Å². The van der Waals surface area contributed by atoms with Crippen LogP contribution in [-0.2, 0) is 4.74 Å². The van der Waals surface area contributed by atoms with Gasteiger partial charge in [-0.15, -0.1) is 0 Å². The first-order valence-electron chi connectivity index (χ1n) is 7.91. The number of aryl methyl sites for hydroxylation is 1. The predicted octanol–water partition coefficient (Wildman–Crippen LogP) is 1.63. The van der Waals surface area contributed by atoms with Crippen molar-refractivity contribution in [3.05, 3.63) is 22.5 Å². The van der Waals surface area contributed by atoms with E-state index in [0.717, 1.165) is 19.6 Å². The van der Waals surface area contributed by atoms with Gasteiger partial charge in [-0.3, -0.25) is 4.79 Å². The average Bonchev–Trinajstić information content (AvgIpc) is 3.07. The van der Waals surface area contributed by atoms with Crippen LogP contribution in [0.1, 0.15) is 51.9 Å². The van der Waals surface area contributed by atoms with E-state index in [2.05, 4.69) is 15.2 Å². The molecule has 0 radical (unpaired) electrons. The second kappa shape index (κ2) is 7.45. The lowest BCUT2D eigenvalue weighted by Gasteiger charge is -2.14. The number of hydrogen-bond acceptors (Lipinski definition) is 4. The van der Waals surface area contributed by atoms with Gasteiger partial charge in [0.05, 0.1) is 12.2 Å². The van der Waals surface area contributed by atoms with Crippen molar-refractivity contribution < 1.29 is 14.3 Å². The fourth-order valence-electron chi connectivity index (χ4n) is 2.92. The summed E-state index contributed by atoms with van der Waals surface area (Å²) in [4.78, 5) is 29.5. The molecule has 0 spiro atoms. The summed E-state index contributed by atoms with van der Waals surface area (Å²) >= 11 is 0. The van der Waals surface area contributed by atoms with Crippen molar-refractivity contribution in [1.29, 1.82) is 0 Å². The molecule has 2 heterocycles. The first-order valence-corrected chi connectivity index (χ1v) is 7.91. The van der Waals surface area contributed by atoms with E-state index >= 15 is 0 Å². The molecule has 22 heavy (non-hydrogen) atoms. The molecule has 0 aliphatic carbocycles. The highest BCUT2D eigenvalue weighted by molar-refractivity contribution is 6.01. The molecule has 1 aliphatic rings. The number of aromatic amines is 1. The van der Waals surface area contributed by atoms with Crippen LogP contribution in [0.4, 0.5) is 0 Å². The molecule has 1 saturated heterocycles. The van der Waals surface area contributed by atoms with Gasteiger partial charge in [0.2, 0.25) is 0 Å². The van der Waals surface area contributed by atoms with E-state index in [1.165, 1.54) is 12.8 Å². The number of aromatic nitrogens is 1. The van der Waals surface area contributed by atoms with Gasteiger partial charge in [-0.2, -0.15) is 0 Å². The molecular weight excluding hydrogens is 282 g/mol. The normalized spacial score (nSPS) is 15.0. The largest absolute Gasteiger partial charge is 0.461 e. The molecule has 122 valence electrons.